The van der Waals surface area contributed by atoms with Crippen molar-refractivity contribution < 1.29 is 18.9 Å². The van der Waals surface area contributed by atoms with Gasteiger partial charge < -0.3 is 18.9 Å². The molecule has 2 aromatic carbocycles. The Bertz CT molecular complexity index is 1690. The molecule has 2 heterocycles. The minimum atomic E-state index is -1.05. The standard InChI is InChI=1S/C30H30N4O5S/c1-5-11-38-22-9-7-18(13-24(22)36-3)14-26-29(35)34-28(33)20(16-31)27(21(17-32)30(34)40-26)19-8-10-23(39-12-6-2)25(15-19)37-4/h7-10,13-15,20,27,33H,5-6,11-12H2,1-4H3. The average Bonchev–Trinajstić information content (AvgIpc) is 3.30. The summed E-state index contributed by atoms with van der Waals surface area (Å²) in [5.74, 6) is 0.181. The second kappa shape index (κ2) is 12.5. The highest BCUT2D eigenvalue weighted by atomic mass is 32.1. The lowest BCUT2D eigenvalue weighted by atomic mass is 9.79. The summed E-state index contributed by atoms with van der Waals surface area (Å²) in [7, 11) is 3.07. The van der Waals surface area contributed by atoms with Gasteiger partial charge in [0.15, 0.2) is 23.0 Å². The molecule has 0 bridgehead atoms. The summed E-state index contributed by atoms with van der Waals surface area (Å²) >= 11 is 1.12. The third-order valence-electron chi connectivity index (χ3n) is 6.45. The van der Waals surface area contributed by atoms with Crippen LogP contribution in [0, 0.1) is 34.0 Å². The van der Waals surface area contributed by atoms with Gasteiger partial charge in [0.05, 0.1) is 49.7 Å². The van der Waals surface area contributed by atoms with Crippen LogP contribution >= 0.6 is 11.3 Å². The number of hydrogen-bond donors (Lipinski definition) is 1. The summed E-state index contributed by atoms with van der Waals surface area (Å²) in [6.07, 6.45) is 3.37. The Morgan fingerprint density at radius 2 is 1.60 bits per heavy atom. The lowest BCUT2D eigenvalue weighted by Gasteiger charge is -2.27. The van der Waals surface area contributed by atoms with Crippen molar-refractivity contribution in [2.24, 2.45) is 5.92 Å². The van der Waals surface area contributed by atoms with Crippen LogP contribution in [0.15, 0.2) is 41.2 Å². The van der Waals surface area contributed by atoms with Crippen LogP contribution in [-0.2, 0) is 0 Å². The van der Waals surface area contributed by atoms with E-state index in [4.69, 9.17) is 24.4 Å². The predicted molar refractivity (Wildman–Crippen MR) is 153 cm³/mol. The van der Waals surface area contributed by atoms with E-state index in [-0.39, 0.29) is 11.4 Å². The molecule has 0 amide bonds. The molecule has 9 nitrogen and oxygen atoms in total. The van der Waals surface area contributed by atoms with Crippen molar-refractivity contribution in [3.05, 3.63) is 67.1 Å². The molecule has 3 aromatic rings. The molecule has 1 aromatic heterocycles. The molecule has 40 heavy (non-hydrogen) atoms. The molecule has 1 aliphatic rings. The molecule has 0 fully saturated rings. The van der Waals surface area contributed by atoms with Gasteiger partial charge in [0.25, 0.3) is 5.56 Å². The molecule has 2 atom stereocenters. The number of benzene rings is 2. The fourth-order valence-corrected chi connectivity index (χ4v) is 5.69. The van der Waals surface area contributed by atoms with E-state index in [1.807, 2.05) is 19.9 Å². The number of nitrogens with one attached hydrogen (secondary N) is 1. The fourth-order valence-electron chi connectivity index (χ4n) is 4.56. The van der Waals surface area contributed by atoms with Gasteiger partial charge in [-0.15, -0.1) is 11.3 Å². The van der Waals surface area contributed by atoms with Crippen molar-refractivity contribution in [2.75, 3.05) is 27.4 Å². The summed E-state index contributed by atoms with van der Waals surface area (Å²) in [5, 5.41) is 29.2. The molecule has 0 radical (unpaired) electrons. The molecule has 0 saturated carbocycles. The first-order valence-corrected chi connectivity index (χ1v) is 13.7. The molecule has 0 saturated heterocycles. The Hall–Kier alpha value is -4.54. The van der Waals surface area contributed by atoms with Crippen molar-refractivity contribution >= 4 is 28.8 Å². The number of hydrogen-bond acceptors (Lipinski definition) is 9. The predicted octanol–water partition coefficient (Wildman–Crippen LogP) is 3.77. The Labute approximate surface area is 236 Å². The number of ether oxygens (including phenoxy) is 4. The van der Waals surface area contributed by atoms with Crippen molar-refractivity contribution in [3.8, 4) is 35.1 Å². The SMILES string of the molecule is CCCOc1ccc(C=c2sc3n(c2=O)C(=N)C(C#N)C(c2ccc(OCCC)c(OC)c2)C=3C#N)cc1OC. The van der Waals surface area contributed by atoms with Crippen LogP contribution in [0.4, 0.5) is 0 Å². The normalized spacial score (nSPS) is 16.6. The van der Waals surface area contributed by atoms with Gasteiger partial charge in [-0.1, -0.05) is 26.0 Å². The highest BCUT2D eigenvalue weighted by Gasteiger charge is 2.38. The largest absolute Gasteiger partial charge is 0.493 e. The van der Waals surface area contributed by atoms with E-state index in [1.54, 1.807) is 43.5 Å². The number of aromatic nitrogens is 1. The number of nitrogens with zero attached hydrogens (tertiary/aromatic N) is 3. The maximum absolute atomic E-state index is 13.5. The molecule has 2 unspecified atom stereocenters. The van der Waals surface area contributed by atoms with Crippen LogP contribution < -0.4 is 33.7 Å². The summed E-state index contributed by atoms with van der Waals surface area (Å²) in [6, 6.07) is 15.0. The first-order valence-electron chi connectivity index (χ1n) is 12.9. The topological polar surface area (TPSA) is 130 Å². The number of methoxy groups -OCH3 is 2. The second-order valence-electron chi connectivity index (χ2n) is 9.07. The highest BCUT2D eigenvalue weighted by Crippen LogP contribution is 2.39. The maximum atomic E-state index is 13.5. The Morgan fingerprint density at radius 3 is 2.17 bits per heavy atom. The molecular weight excluding hydrogens is 528 g/mol. The lowest BCUT2D eigenvalue weighted by molar-refractivity contribution is 0.294. The maximum Gasteiger partial charge on any atom is 0.274 e. The quantitative estimate of drug-likeness (QED) is 0.401. The minimum absolute atomic E-state index is 0.173. The first-order chi connectivity index (χ1) is 19.4. The number of rotatable bonds is 10. The zero-order valence-corrected chi connectivity index (χ0v) is 23.6. The summed E-state index contributed by atoms with van der Waals surface area (Å²) < 4.78 is 24.3. The molecular formula is C30H30N4O5S. The Balaban J connectivity index is 1.88. The summed E-state index contributed by atoms with van der Waals surface area (Å²) in [4.78, 5) is 13.5. The molecule has 0 aliphatic carbocycles. The highest BCUT2D eigenvalue weighted by molar-refractivity contribution is 7.07. The van der Waals surface area contributed by atoms with E-state index in [0.29, 0.717) is 56.5 Å². The second-order valence-corrected chi connectivity index (χ2v) is 10.1. The van der Waals surface area contributed by atoms with E-state index < -0.39 is 17.4 Å². The zero-order chi connectivity index (χ0) is 28.8. The Morgan fingerprint density at radius 1 is 0.975 bits per heavy atom. The smallest absolute Gasteiger partial charge is 0.274 e. The summed E-state index contributed by atoms with van der Waals surface area (Å²) in [6.45, 7) is 5.08. The molecule has 0 spiro atoms. The van der Waals surface area contributed by atoms with Crippen molar-refractivity contribution in [3.63, 3.8) is 0 Å². The van der Waals surface area contributed by atoms with Gasteiger partial charge in [0.2, 0.25) is 0 Å². The van der Waals surface area contributed by atoms with E-state index in [9.17, 15) is 15.3 Å². The van der Waals surface area contributed by atoms with Gasteiger partial charge in [-0.2, -0.15) is 10.5 Å². The molecule has 4 rings (SSSR count). The van der Waals surface area contributed by atoms with Crippen LogP contribution in [0.5, 0.6) is 23.0 Å². The number of nitriles is 2. The molecule has 10 heteroatoms. The van der Waals surface area contributed by atoms with Gasteiger partial charge in [-0.3, -0.25) is 14.8 Å². The molecule has 1 aliphatic heterocycles. The van der Waals surface area contributed by atoms with Gasteiger partial charge >= 0.3 is 0 Å². The van der Waals surface area contributed by atoms with E-state index in [2.05, 4.69) is 12.1 Å². The third-order valence-corrected chi connectivity index (χ3v) is 7.56. The fraction of sp³-hybridized carbons (Fsp3) is 0.333. The number of thiazole rings is 1. The van der Waals surface area contributed by atoms with Crippen molar-refractivity contribution in [1.29, 1.82) is 15.9 Å². The minimum Gasteiger partial charge on any atom is -0.493 e. The first kappa shape index (κ1) is 28.5. The van der Waals surface area contributed by atoms with E-state index in [0.717, 1.165) is 24.2 Å². The monoisotopic (exact) mass is 558 g/mol. The molecule has 206 valence electrons. The van der Waals surface area contributed by atoms with E-state index in [1.165, 1.54) is 11.7 Å². The summed E-state index contributed by atoms with van der Waals surface area (Å²) in [5.41, 5.74) is 1.11. The number of fused-ring (bicyclic) bond motifs is 1. The van der Waals surface area contributed by atoms with Crippen molar-refractivity contribution in [2.45, 2.75) is 32.6 Å². The Kier molecular flexibility index (Phi) is 8.93. The lowest BCUT2D eigenvalue weighted by Crippen LogP contribution is -2.45. The third kappa shape index (κ3) is 5.31. The van der Waals surface area contributed by atoms with Crippen LogP contribution in [0.2, 0.25) is 0 Å². The van der Waals surface area contributed by atoms with Crippen LogP contribution in [0.1, 0.15) is 43.7 Å². The van der Waals surface area contributed by atoms with Crippen LogP contribution in [0.3, 0.4) is 0 Å². The molecule has 1 N–H and O–H groups in total. The van der Waals surface area contributed by atoms with Gasteiger partial charge in [0.1, 0.15) is 16.4 Å². The van der Waals surface area contributed by atoms with Crippen molar-refractivity contribution in [1.82, 2.24) is 4.57 Å². The van der Waals surface area contributed by atoms with Gasteiger partial charge in [-0.25, -0.2) is 0 Å². The zero-order valence-electron chi connectivity index (χ0n) is 22.8. The van der Waals surface area contributed by atoms with Crippen LogP contribution in [-0.4, -0.2) is 37.8 Å². The van der Waals surface area contributed by atoms with Gasteiger partial charge in [-0.05, 0) is 54.3 Å². The van der Waals surface area contributed by atoms with E-state index >= 15 is 0 Å². The average molecular weight is 559 g/mol. The van der Waals surface area contributed by atoms with Gasteiger partial charge in [0, 0.05) is 5.92 Å². The van der Waals surface area contributed by atoms with Crippen LogP contribution in [0.25, 0.3) is 11.6 Å².